The lowest BCUT2D eigenvalue weighted by Crippen LogP contribution is -2.33. The third-order valence-corrected chi connectivity index (χ3v) is 4.84. The van der Waals surface area contributed by atoms with E-state index in [0.717, 1.165) is 0 Å². The minimum absolute atomic E-state index is 0.675. The van der Waals surface area contributed by atoms with Crippen LogP contribution in [0.4, 0.5) is 0 Å². The van der Waals surface area contributed by atoms with Gasteiger partial charge in [-0.2, -0.15) is 0 Å². The highest BCUT2D eigenvalue weighted by Crippen LogP contribution is 2.51. The average Bonchev–Trinajstić information content (AvgIpc) is 2.84. The molecule has 86 valence electrons. The molecule has 1 heterocycles. The summed E-state index contributed by atoms with van der Waals surface area (Å²) in [7, 11) is 2.46. The van der Waals surface area contributed by atoms with Crippen molar-refractivity contribution in [1.29, 1.82) is 0 Å². The Kier molecular flexibility index (Phi) is 2.32. The van der Waals surface area contributed by atoms with Gasteiger partial charge in [-0.15, -0.1) is 0 Å². The topological polar surface area (TPSA) is 0 Å². The van der Waals surface area contributed by atoms with Crippen LogP contribution in [0.2, 0.25) is 0 Å². The van der Waals surface area contributed by atoms with Crippen molar-refractivity contribution >= 4 is 0 Å². The molecule has 1 aromatic rings. The van der Waals surface area contributed by atoms with Crippen molar-refractivity contribution in [2.45, 2.75) is 44.2 Å². The Morgan fingerprint density at radius 3 is 2.44 bits per heavy atom. The van der Waals surface area contributed by atoms with Crippen molar-refractivity contribution < 1.29 is 4.48 Å². The molecule has 0 amide bonds. The van der Waals surface area contributed by atoms with E-state index in [-0.39, 0.29) is 0 Å². The standard InChI is InChI=1S/C15H22N/c1-16(12-14-8-4-2-5-9-14)13-15(16)10-6-3-7-11-15/h2,4-5,8-9H,3,6-7,10-13H2,1H3/q+1. The molecule has 1 saturated carbocycles. The molecule has 3 rings (SSSR count). The average molecular weight is 216 g/mol. The molecule has 2 aliphatic rings. The Morgan fingerprint density at radius 1 is 1.06 bits per heavy atom. The molecule has 1 saturated heterocycles. The Morgan fingerprint density at radius 2 is 1.75 bits per heavy atom. The van der Waals surface area contributed by atoms with Crippen LogP contribution in [0.15, 0.2) is 30.3 Å². The smallest absolute Gasteiger partial charge is 0.149 e. The molecular formula is C15H22N+. The Hall–Kier alpha value is -0.820. The number of hydrogen-bond acceptors (Lipinski definition) is 0. The summed E-state index contributed by atoms with van der Waals surface area (Å²) in [5.74, 6) is 0. The molecule has 1 heteroatoms. The van der Waals surface area contributed by atoms with Gasteiger partial charge in [-0.3, -0.25) is 0 Å². The first-order valence-electron chi connectivity index (χ1n) is 6.63. The van der Waals surface area contributed by atoms with Crippen molar-refractivity contribution in [3.05, 3.63) is 35.9 Å². The van der Waals surface area contributed by atoms with E-state index < -0.39 is 0 Å². The van der Waals surface area contributed by atoms with Crippen molar-refractivity contribution in [1.82, 2.24) is 0 Å². The number of nitrogens with zero attached hydrogens (tertiary/aromatic N) is 1. The quantitative estimate of drug-likeness (QED) is 0.525. The first kappa shape index (κ1) is 10.3. The normalized spacial score (nSPS) is 31.6. The van der Waals surface area contributed by atoms with Crippen LogP contribution >= 0.6 is 0 Å². The maximum Gasteiger partial charge on any atom is 0.149 e. The van der Waals surface area contributed by atoms with E-state index in [1.165, 1.54) is 55.2 Å². The number of quaternary nitrogens is 1. The van der Waals surface area contributed by atoms with Gasteiger partial charge in [0.25, 0.3) is 0 Å². The van der Waals surface area contributed by atoms with Gasteiger partial charge in [0.1, 0.15) is 18.6 Å². The largest absolute Gasteiger partial charge is 0.308 e. The second-order valence-electron chi connectivity index (χ2n) is 5.98. The number of benzene rings is 1. The second-order valence-corrected chi connectivity index (χ2v) is 5.98. The maximum atomic E-state index is 2.46. The molecule has 2 fully saturated rings. The lowest BCUT2D eigenvalue weighted by molar-refractivity contribution is -0.824. The van der Waals surface area contributed by atoms with Crippen LogP contribution < -0.4 is 0 Å². The summed E-state index contributed by atoms with van der Waals surface area (Å²) in [6, 6.07) is 11.0. The van der Waals surface area contributed by atoms with Crippen LogP contribution in [0.3, 0.4) is 0 Å². The highest BCUT2D eigenvalue weighted by atomic mass is 15.5. The van der Waals surface area contributed by atoms with Gasteiger partial charge in [0.15, 0.2) is 0 Å². The summed E-state index contributed by atoms with van der Waals surface area (Å²) in [5, 5.41) is 0. The SMILES string of the molecule is C[N+]1(Cc2ccccc2)CC12CCCCC2. The van der Waals surface area contributed by atoms with E-state index >= 15 is 0 Å². The van der Waals surface area contributed by atoms with E-state index in [9.17, 15) is 0 Å². The van der Waals surface area contributed by atoms with Gasteiger partial charge < -0.3 is 4.48 Å². The number of hydrogen-bond donors (Lipinski definition) is 0. The molecule has 0 N–H and O–H groups in total. The van der Waals surface area contributed by atoms with Crippen LogP contribution in [0.25, 0.3) is 0 Å². The molecule has 1 nitrogen and oxygen atoms in total. The molecular weight excluding hydrogens is 194 g/mol. The van der Waals surface area contributed by atoms with Gasteiger partial charge in [0.05, 0.1) is 7.05 Å². The summed E-state index contributed by atoms with van der Waals surface area (Å²) < 4.78 is 1.30. The molecule has 1 atom stereocenters. The number of likely N-dealkylation sites (N-methyl/N-ethyl adjacent to an activating group) is 1. The van der Waals surface area contributed by atoms with Crippen molar-refractivity contribution in [2.24, 2.45) is 0 Å². The fraction of sp³-hybridized carbons (Fsp3) is 0.600. The van der Waals surface area contributed by atoms with Gasteiger partial charge in [-0.05, 0) is 12.8 Å². The minimum atomic E-state index is 0.675. The first-order valence-corrected chi connectivity index (χ1v) is 6.63. The van der Waals surface area contributed by atoms with E-state index in [1.54, 1.807) is 0 Å². The van der Waals surface area contributed by atoms with Gasteiger partial charge in [0, 0.05) is 18.4 Å². The fourth-order valence-corrected chi connectivity index (χ4v) is 3.73. The molecule has 1 aliphatic carbocycles. The van der Waals surface area contributed by atoms with Gasteiger partial charge >= 0.3 is 0 Å². The molecule has 0 radical (unpaired) electrons. The number of rotatable bonds is 2. The fourth-order valence-electron chi connectivity index (χ4n) is 3.73. The zero-order valence-electron chi connectivity index (χ0n) is 10.3. The van der Waals surface area contributed by atoms with Gasteiger partial charge in [-0.25, -0.2) is 0 Å². The molecule has 1 aromatic carbocycles. The summed E-state index contributed by atoms with van der Waals surface area (Å²) >= 11 is 0. The van der Waals surface area contributed by atoms with E-state index in [4.69, 9.17) is 0 Å². The van der Waals surface area contributed by atoms with Crippen LogP contribution in [0, 0.1) is 0 Å². The molecule has 16 heavy (non-hydrogen) atoms. The van der Waals surface area contributed by atoms with Crippen molar-refractivity contribution in [3.63, 3.8) is 0 Å². The Bertz CT molecular complexity index is 364. The highest BCUT2D eigenvalue weighted by Gasteiger charge is 2.65. The molecule has 1 spiro atoms. The zero-order chi connectivity index (χ0) is 11.1. The zero-order valence-corrected chi connectivity index (χ0v) is 10.3. The maximum absolute atomic E-state index is 2.46. The lowest BCUT2D eigenvalue weighted by atomic mass is 9.88. The van der Waals surface area contributed by atoms with Crippen molar-refractivity contribution in [2.75, 3.05) is 13.6 Å². The lowest BCUT2D eigenvalue weighted by Gasteiger charge is -2.26. The first-order chi connectivity index (χ1) is 7.74. The van der Waals surface area contributed by atoms with E-state index in [1.807, 2.05) is 0 Å². The van der Waals surface area contributed by atoms with E-state index in [0.29, 0.717) is 5.54 Å². The minimum Gasteiger partial charge on any atom is -0.308 e. The second kappa shape index (κ2) is 3.59. The van der Waals surface area contributed by atoms with E-state index in [2.05, 4.69) is 37.4 Å². The molecule has 0 aromatic heterocycles. The monoisotopic (exact) mass is 216 g/mol. The third-order valence-electron chi connectivity index (χ3n) is 4.84. The van der Waals surface area contributed by atoms with Crippen molar-refractivity contribution in [3.8, 4) is 0 Å². The predicted molar refractivity (Wildman–Crippen MR) is 67.0 cm³/mol. The summed E-state index contributed by atoms with van der Waals surface area (Å²) in [5.41, 5.74) is 2.18. The Balaban J connectivity index is 1.72. The van der Waals surface area contributed by atoms with Gasteiger partial charge in [-0.1, -0.05) is 36.8 Å². The van der Waals surface area contributed by atoms with Crippen LogP contribution in [-0.2, 0) is 6.54 Å². The van der Waals surface area contributed by atoms with Gasteiger partial charge in [0.2, 0.25) is 0 Å². The highest BCUT2D eigenvalue weighted by molar-refractivity contribution is 5.14. The Labute approximate surface area is 98.7 Å². The predicted octanol–water partition coefficient (Wildman–Crippen LogP) is 3.35. The van der Waals surface area contributed by atoms with Crippen LogP contribution in [-0.4, -0.2) is 23.6 Å². The molecule has 0 bridgehead atoms. The third kappa shape index (κ3) is 1.58. The van der Waals surface area contributed by atoms with Crippen LogP contribution in [0.5, 0.6) is 0 Å². The molecule has 1 aliphatic heterocycles. The summed E-state index contributed by atoms with van der Waals surface area (Å²) in [6.45, 7) is 2.66. The van der Waals surface area contributed by atoms with Crippen LogP contribution in [0.1, 0.15) is 37.7 Å². The molecule has 1 unspecified atom stereocenters. The summed E-state index contributed by atoms with van der Waals surface area (Å²) in [4.78, 5) is 0. The summed E-state index contributed by atoms with van der Waals surface area (Å²) in [6.07, 6.45) is 7.32.